The van der Waals surface area contributed by atoms with Gasteiger partial charge in [-0.3, -0.25) is 0 Å². The predicted octanol–water partition coefficient (Wildman–Crippen LogP) is 0.591. The van der Waals surface area contributed by atoms with Crippen LogP contribution in [0.3, 0.4) is 0 Å². The van der Waals surface area contributed by atoms with Crippen molar-refractivity contribution in [2.75, 3.05) is 6.61 Å². The minimum absolute atomic E-state index is 0.0819. The van der Waals surface area contributed by atoms with E-state index in [1.54, 1.807) is 6.08 Å². The van der Waals surface area contributed by atoms with Gasteiger partial charge in [-0.25, -0.2) is 0 Å². The molecule has 0 amide bonds. The zero-order valence-electron chi connectivity index (χ0n) is 7.82. The van der Waals surface area contributed by atoms with Crippen LogP contribution in [0.1, 0.15) is 32.1 Å². The van der Waals surface area contributed by atoms with E-state index in [0.717, 1.165) is 19.3 Å². The summed E-state index contributed by atoms with van der Waals surface area (Å²) in [6.07, 6.45) is 6.42. The average molecular weight is 186 g/mol. The Bertz CT molecular complexity index is 179. The molecular formula is C10H18O3. The van der Waals surface area contributed by atoms with Gasteiger partial charge in [0.15, 0.2) is 0 Å². The fourth-order valence-electron chi connectivity index (χ4n) is 1.71. The summed E-state index contributed by atoms with van der Waals surface area (Å²) in [7, 11) is 0. The van der Waals surface area contributed by atoms with Gasteiger partial charge in [0.25, 0.3) is 0 Å². The predicted molar refractivity (Wildman–Crippen MR) is 50.3 cm³/mol. The summed E-state index contributed by atoms with van der Waals surface area (Å²) in [6.45, 7) is -0.0819. The summed E-state index contributed by atoms with van der Waals surface area (Å²) in [6, 6.07) is 0. The third-order valence-corrected chi connectivity index (χ3v) is 2.64. The highest BCUT2D eigenvalue weighted by molar-refractivity contribution is 5.01. The van der Waals surface area contributed by atoms with Crippen LogP contribution in [-0.2, 0) is 0 Å². The number of hydrogen-bond acceptors (Lipinski definition) is 3. The van der Waals surface area contributed by atoms with Crippen LogP contribution in [0.25, 0.3) is 0 Å². The Morgan fingerprint density at radius 2 is 2.15 bits per heavy atom. The molecule has 0 aromatic rings. The molecule has 1 aliphatic rings. The van der Waals surface area contributed by atoms with Crippen molar-refractivity contribution in [1.29, 1.82) is 0 Å². The summed E-state index contributed by atoms with van der Waals surface area (Å²) >= 11 is 0. The first-order valence-electron chi connectivity index (χ1n) is 4.87. The minimum atomic E-state index is -1.12. The van der Waals surface area contributed by atoms with Crippen molar-refractivity contribution in [3.8, 4) is 0 Å². The van der Waals surface area contributed by atoms with E-state index in [-0.39, 0.29) is 13.0 Å². The molecule has 0 aromatic heterocycles. The van der Waals surface area contributed by atoms with Crippen LogP contribution >= 0.6 is 0 Å². The molecule has 1 rings (SSSR count). The monoisotopic (exact) mass is 186 g/mol. The van der Waals surface area contributed by atoms with Crippen LogP contribution in [0.4, 0.5) is 0 Å². The molecule has 0 saturated carbocycles. The van der Waals surface area contributed by atoms with Crippen LogP contribution in [0.15, 0.2) is 12.2 Å². The van der Waals surface area contributed by atoms with Gasteiger partial charge in [-0.05, 0) is 19.3 Å². The summed E-state index contributed by atoms with van der Waals surface area (Å²) < 4.78 is 0. The molecule has 3 heteroatoms. The van der Waals surface area contributed by atoms with Gasteiger partial charge in [0, 0.05) is 13.0 Å². The number of allylic oxidation sites excluding steroid dienone is 1. The second-order valence-electron chi connectivity index (χ2n) is 3.70. The lowest BCUT2D eigenvalue weighted by atomic mass is 9.85. The summed E-state index contributed by atoms with van der Waals surface area (Å²) in [5.41, 5.74) is -1.12. The fourth-order valence-corrected chi connectivity index (χ4v) is 1.71. The molecule has 0 radical (unpaired) electrons. The Hall–Kier alpha value is -0.380. The Morgan fingerprint density at radius 1 is 1.38 bits per heavy atom. The van der Waals surface area contributed by atoms with Crippen LogP contribution in [-0.4, -0.2) is 33.6 Å². The van der Waals surface area contributed by atoms with E-state index in [1.807, 2.05) is 6.08 Å². The normalized spacial score (nSPS) is 37.9. The van der Waals surface area contributed by atoms with Gasteiger partial charge in [-0.2, -0.15) is 0 Å². The SMILES string of the molecule is OCCC1(O)CCCC/C=C\C1O. The molecule has 3 N–H and O–H groups in total. The number of aliphatic hydroxyl groups excluding tert-OH is 2. The highest BCUT2D eigenvalue weighted by atomic mass is 16.3. The van der Waals surface area contributed by atoms with Crippen molar-refractivity contribution in [2.24, 2.45) is 0 Å². The number of aliphatic hydroxyl groups is 3. The Labute approximate surface area is 78.7 Å². The summed E-state index contributed by atoms with van der Waals surface area (Å²) in [5.74, 6) is 0. The maximum Gasteiger partial charge on any atom is 0.101 e. The van der Waals surface area contributed by atoms with Gasteiger partial charge in [0.05, 0.1) is 5.60 Å². The van der Waals surface area contributed by atoms with Crippen LogP contribution in [0, 0.1) is 0 Å². The molecule has 0 spiro atoms. The molecule has 0 saturated heterocycles. The van der Waals surface area contributed by atoms with Gasteiger partial charge in [0.2, 0.25) is 0 Å². The molecule has 1 aliphatic carbocycles. The lowest BCUT2D eigenvalue weighted by molar-refractivity contribution is -0.0741. The van der Waals surface area contributed by atoms with E-state index in [1.165, 1.54) is 0 Å². The molecule has 3 nitrogen and oxygen atoms in total. The van der Waals surface area contributed by atoms with Crippen molar-refractivity contribution in [3.63, 3.8) is 0 Å². The van der Waals surface area contributed by atoms with Gasteiger partial charge < -0.3 is 15.3 Å². The molecular weight excluding hydrogens is 168 g/mol. The van der Waals surface area contributed by atoms with Crippen molar-refractivity contribution in [2.45, 2.75) is 43.8 Å². The molecule has 0 fully saturated rings. The zero-order valence-corrected chi connectivity index (χ0v) is 7.82. The van der Waals surface area contributed by atoms with Gasteiger partial charge in [-0.1, -0.05) is 18.6 Å². The van der Waals surface area contributed by atoms with Gasteiger partial charge in [-0.15, -0.1) is 0 Å². The minimum Gasteiger partial charge on any atom is -0.396 e. The van der Waals surface area contributed by atoms with E-state index in [2.05, 4.69) is 0 Å². The third kappa shape index (κ3) is 2.79. The summed E-state index contributed by atoms with van der Waals surface area (Å²) in [4.78, 5) is 0. The van der Waals surface area contributed by atoms with Crippen molar-refractivity contribution in [3.05, 3.63) is 12.2 Å². The summed E-state index contributed by atoms with van der Waals surface area (Å²) in [5, 5.41) is 28.4. The van der Waals surface area contributed by atoms with Gasteiger partial charge in [0.1, 0.15) is 6.10 Å². The average Bonchev–Trinajstić information content (AvgIpc) is 2.09. The van der Waals surface area contributed by atoms with Crippen LogP contribution in [0.5, 0.6) is 0 Å². The molecule has 2 atom stereocenters. The Balaban J connectivity index is 2.66. The van der Waals surface area contributed by atoms with Gasteiger partial charge >= 0.3 is 0 Å². The Morgan fingerprint density at radius 3 is 2.85 bits per heavy atom. The first kappa shape index (κ1) is 10.7. The van der Waals surface area contributed by atoms with Crippen molar-refractivity contribution >= 4 is 0 Å². The lowest BCUT2D eigenvalue weighted by Crippen LogP contribution is -2.42. The molecule has 0 aliphatic heterocycles. The van der Waals surface area contributed by atoms with E-state index in [4.69, 9.17) is 5.11 Å². The largest absolute Gasteiger partial charge is 0.396 e. The molecule has 0 aromatic carbocycles. The molecule has 13 heavy (non-hydrogen) atoms. The fraction of sp³-hybridized carbons (Fsp3) is 0.800. The second-order valence-corrected chi connectivity index (χ2v) is 3.70. The highest BCUT2D eigenvalue weighted by Crippen LogP contribution is 2.26. The third-order valence-electron chi connectivity index (χ3n) is 2.64. The second kappa shape index (κ2) is 4.74. The lowest BCUT2D eigenvalue weighted by Gasteiger charge is -2.32. The maximum absolute atomic E-state index is 9.98. The van der Waals surface area contributed by atoms with E-state index < -0.39 is 11.7 Å². The van der Waals surface area contributed by atoms with E-state index in [0.29, 0.717) is 6.42 Å². The first-order valence-corrected chi connectivity index (χ1v) is 4.87. The number of rotatable bonds is 2. The zero-order chi connectivity index (χ0) is 9.73. The van der Waals surface area contributed by atoms with Crippen LogP contribution < -0.4 is 0 Å². The molecule has 0 heterocycles. The standard InChI is InChI=1S/C10H18O3/c11-8-7-10(13)6-4-2-1-3-5-9(10)12/h3,5,9,11-13H,1-2,4,6-8H2/b5-3-. The molecule has 76 valence electrons. The van der Waals surface area contributed by atoms with E-state index >= 15 is 0 Å². The molecule has 2 unspecified atom stereocenters. The quantitative estimate of drug-likeness (QED) is 0.553. The number of hydrogen-bond donors (Lipinski definition) is 3. The van der Waals surface area contributed by atoms with Crippen molar-refractivity contribution < 1.29 is 15.3 Å². The van der Waals surface area contributed by atoms with Crippen LogP contribution in [0.2, 0.25) is 0 Å². The Kier molecular flexibility index (Phi) is 3.90. The smallest absolute Gasteiger partial charge is 0.101 e. The topological polar surface area (TPSA) is 60.7 Å². The highest BCUT2D eigenvalue weighted by Gasteiger charge is 2.33. The molecule has 0 bridgehead atoms. The maximum atomic E-state index is 9.98. The first-order chi connectivity index (χ1) is 6.19. The van der Waals surface area contributed by atoms with E-state index in [9.17, 15) is 10.2 Å². The van der Waals surface area contributed by atoms with Crippen molar-refractivity contribution in [1.82, 2.24) is 0 Å².